The van der Waals surface area contributed by atoms with Gasteiger partial charge in [-0.15, -0.1) is 6.58 Å². The van der Waals surface area contributed by atoms with Gasteiger partial charge in [-0.3, -0.25) is 9.59 Å². The van der Waals surface area contributed by atoms with Crippen LogP contribution in [0, 0.1) is 6.92 Å². The largest absolute Gasteiger partial charge is 0.465 e. The van der Waals surface area contributed by atoms with E-state index < -0.39 is 5.97 Å². The Kier molecular flexibility index (Phi) is 6.45. The summed E-state index contributed by atoms with van der Waals surface area (Å²) in [7, 11) is 0. The van der Waals surface area contributed by atoms with Crippen molar-refractivity contribution in [3.8, 4) is 0 Å². The van der Waals surface area contributed by atoms with E-state index in [4.69, 9.17) is 4.74 Å². The number of amides is 1. The molecule has 4 nitrogen and oxygen atoms in total. The van der Waals surface area contributed by atoms with E-state index in [9.17, 15) is 9.59 Å². The van der Waals surface area contributed by atoms with Crippen molar-refractivity contribution in [2.24, 2.45) is 0 Å². The number of esters is 1. The first kappa shape index (κ1) is 16.4. The van der Waals surface area contributed by atoms with Crippen LogP contribution in [0.5, 0.6) is 0 Å². The highest BCUT2D eigenvalue weighted by Gasteiger charge is 2.18. The maximum absolute atomic E-state index is 12.4. The average Bonchev–Trinajstić information content (AvgIpc) is 2.41. The SMILES string of the molecule is C=CCN(CC(=O)OCC)C(=O)c1ccc(Br)c(C)c1. The summed E-state index contributed by atoms with van der Waals surface area (Å²) in [5.74, 6) is -0.634. The van der Waals surface area contributed by atoms with Gasteiger partial charge in [0.05, 0.1) is 6.61 Å². The Bertz CT molecular complexity index is 514. The van der Waals surface area contributed by atoms with Gasteiger partial charge in [-0.25, -0.2) is 0 Å². The molecule has 1 aromatic rings. The van der Waals surface area contributed by atoms with Crippen molar-refractivity contribution < 1.29 is 14.3 Å². The van der Waals surface area contributed by atoms with Crippen LogP contribution in [0.2, 0.25) is 0 Å². The molecule has 0 aliphatic heterocycles. The molecule has 1 rings (SSSR count). The molecule has 1 amide bonds. The monoisotopic (exact) mass is 339 g/mol. The third-order valence-corrected chi connectivity index (χ3v) is 3.56. The minimum absolute atomic E-state index is 0.0756. The highest BCUT2D eigenvalue weighted by Crippen LogP contribution is 2.18. The summed E-state index contributed by atoms with van der Waals surface area (Å²) in [4.78, 5) is 25.3. The molecule has 1 aromatic carbocycles. The molecule has 5 heteroatoms. The van der Waals surface area contributed by atoms with Crippen molar-refractivity contribution in [3.05, 3.63) is 46.5 Å². The van der Waals surface area contributed by atoms with Crippen molar-refractivity contribution in [1.82, 2.24) is 4.90 Å². The van der Waals surface area contributed by atoms with Crippen LogP contribution in [0.4, 0.5) is 0 Å². The van der Waals surface area contributed by atoms with Gasteiger partial charge >= 0.3 is 5.97 Å². The Hall–Kier alpha value is -1.62. The lowest BCUT2D eigenvalue weighted by Gasteiger charge is -2.20. The van der Waals surface area contributed by atoms with E-state index in [0.717, 1.165) is 10.0 Å². The van der Waals surface area contributed by atoms with E-state index in [1.165, 1.54) is 4.90 Å². The molecule has 0 saturated heterocycles. The highest BCUT2D eigenvalue weighted by molar-refractivity contribution is 9.10. The second kappa shape index (κ2) is 7.85. The zero-order valence-electron chi connectivity index (χ0n) is 11.7. The fourth-order valence-corrected chi connectivity index (χ4v) is 1.94. The summed E-state index contributed by atoms with van der Waals surface area (Å²) in [5, 5.41) is 0. The van der Waals surface area contributed by atoms with Crippen LogP contribution < -0.4 is 0 Å². The third-order valence-electron chi connectivity index (χ3n) is 2.67. The number of ether oxygens (including phenoxy) is 1. The Morgan fingerprint density at radius 2 is 2.15 bits per heavy atom. The molecular weight excluding hydrogens is 322 g/mol. The van der Waals surface area contributed by atoms with Gasteiger partial charge in [0.15, 0.2) is 0 Å². The molecule has 20 heavy (non-hydrogen) atoms. The topological polar surface area (TPSA) is 46.6 Å². The fourth-order valence-electron chi connectivity index (χ4n) is 1.70. The Morgan fingerprint density at radius 1 is 1.45 bits per heavy atom. The second-order valence-corrected chi connectivity index (χ2v) is 5.10. The number of rotatable bonds is 6. The van der Waals surface area contributed by atoms with Crippen molar-refractivity contribution in [3.63, 3.8) is 0 Å². The molecule has 0 aliphatic rings. The number of hydrogen-bond donors (Lipinski definition) is 0. The molecule has 0 fully saturated rings. The number of benzene rings is 1. The van der Waals surface area contributed by atoms with Crippen molar-refractivity contribution in [2.45, 2.75) is 13.8 Å². The predicted molar refractivity (Wildman–Crippen MR) is 81.6 cm³/mol. The zero-order chi connectivity index (χ0) is 15.1. The second-order valence-electron chi connectivity index (χ2n) is 4.24. The number of aryl methyl sites for hydroxylation is 1. The molecular formula is C15H18BrNO3. The van der Waals surface area contributed by atoms with Gasteiger partial charge in [-0.05, 0) is 37.6 Å². The molecule has 0 spiro atoms. The van der Waals surface area contributed by atoms with Gasteiger partial charge in [0, 0.05) is 16.6 Å². The van der Waals surface area contributed by atoms with Crippen LogP contribution in [0.3, 0.4) is 0 Å². The van der Waals surface area contributed by atoms with Crippen LogP contribution in [-0.2, 0) is 9.53 Å². The molecule has 0 bridgehead atoms. The van der Waals surface area contributed by atoms with E-state index in [1.807, 2.05) is 13.0 Å². The summed E-state index contributed by atoms with van der Waals surface area (Å²) < 4.78 is 5.81. The van der Waals surface area contributed by atoms with Gasteiger partial charge in [-0.1, -0.05) is 22.0 Å². The summed E-state index contributed by atoms with van der Waals surface area (Å²) in [6, 6.07) is 5.33. The predicted octanol–water partition coefficient (Wildman–Crippen LogP) is 2.95. The first-order chi connectivity index (χ1) is 9.49. The van der Waals surface area contributed by atoms with Gasteiger partial charge in [0.1, 0.15) is 6.54 Å². The maximum atomic E-state index is 12.4. The molecule has 108 valence electrons. The van der Waals surface area contributed by atoms with Crippen LogP contribution in [-0.4, -0.2) is 36.5 Å². The van der Waals surface area contributed by atoms with E-state index in [1.54, 1.807) is 25.1 Å². The molecule has 0 atom stereocenters. The van der Waals surface area contributed by atoms with Crippen molar-refractivity contribution >= 4 is 27.8 Å². The summed E-state index contributed by atoms with van der Waals surface area (Å²) in [6.45, 7) is 7.77. The van der Waals surface area contributed by atoms with E-state index in [0.29, 0.717) is 18.7 Å². The first-order valence-corrected chi connectivity index (χ1v) is 7.10. The van der Waals surface area contributed by atoms with Crippen LogP contribution in [0.1, 0.15) is 22.8 Å². The van der Waals surface area contributed by atoms with Gasteiger partial charge < -0.3 is 9.64 Å². The molecule has 0 aliphatic carbocycles. The summed E-state index contributed by atoms with van der Waals surface area (Å²) >= 11 is 3.39. The minimum Gasteiger partial charge on any atom is -0.465 e. The van der Waals surface area contributed by atoms with E-state index in [-0.39, 0.29) is 12.5 Å². The Labute approximate surface area is 127 Å². The van der Waals surface area contributed by atoms with E-state index in [2.05, 4.69) is 22.5 Å². The normalized spacial score (nSPS) is 9.95. The first-order valence-electron chi connectivity index (χ1n) is 6.31. The van der Waals surface area contributed by atoms with Crippen molar-refractivity contribution in [2.75, 3.05) is 19.7 Å². The lowest BCUT2D eigenvalue weighted by molar-refractivity contribution is -0.143. The number of carbonyl (C=O) groups is 2. The maximum Gasteiger partial charge on any atom is 0.325 e. The molecule has 0 heterocycles. The molecule has 0 saturated carbocycles. The molecule has 0 radical (unpaired) electrons. The number of hydrogen-bond acceptors (Lipinski definition) is 3. The van der Waals surface area contributed by atoms with E-state index >= 15 is 0 Å². The minimum atomic E-state index is -0.420. The van der Waals surface area contributed by atoms with Gasteiger partial charge in [-0.2, -0.15) is 0 Å². The molecule has 0 unspecified atom stereocenters. The molecule has 0 N–H and O–H groups in total. The summed E-state index contributed by atoms with van der Waals surface area (Å²) in [6.07, 6.45) is 1.59. The lowest BCUT2D eigenvalue weighted by atomic mass is 10.1. The average molecular weight is 340 g/mol. The molecule has 0 aromatic heterocycles. The zero-order valence-corrected chi connectivity index (χ0v) is 13.3. The van der Waals surface area contributed by atoms with Crippen LogP contribution >= 0.6 is 15.9 Å². The van der Waals surface area contributed by atoms with Gasteiger partial charge in [0.2, 0.25) is 0 Å². The fraction of sp³-hybridized carbons (Fsp3) is 0.333. The van der Waals surface area contributed by atoms with Gasteiger partial charge in [0.25, 0.3) is 5.91 Å². The number of nitrogens with zero attached hydrogens (tertiary/aromatic N) is 1. The van der Waals surface area contributed by atoms with Crippen molar-refractivity contribution in [1.29, 1.82) is 0 Å². The van der Waals surface area contributed by atoms with Crippen LogP contribution in [0.25, 0.3) is 0 Å². The Morgan fingerprint density at radius 3 is 2.70 bits per heavy atom. The quantitative estimate of drug-likeness (QED) is 0.591. The lowest BCUT2D eigenvalue weighted by Crippen LogP contribution is -2.36. The van der Waals surface area contributed by atoms with Crippen LogP contribution in [0.15, 0.2) is 35.3 Å². The highest BCUT2D eigenvalue weighted by atomic mass is 79.9. The Balaban J connectivity index is 2.89. The third kappa shape index (κ3) is 4.49. The number of halogens is 1. The standard InChI is InChI=1S/C15H18BrNO3/c1-4-8-17(10-14(18)20-5-2)15(19)12-6-7-13(16)11(3)9-12/h4,6-7,9H,1,5,8,10H2,2-3H3. The summed E-state index contributed by atoms with van der Waals surface area (Å²) in [5.41, 5.74) is 1.50. The number of carbonyl (C=O) groups excluding carboxylic acids is 2. The smallest absolute Gasteiger partial charge is 0.325 e.